The van der Waals surface area contributed by atoms with Gasteiger partial charge in [0.15, 0.2) is 0 Å². The van der Waals surface area contributed by atoms with Crippen LogP contribution in [0.3, 0.4) is 0 Å². The molecule has 1 saturated carbocycles. The molecule has 2 rings (SSSR count). The van der Waals surface area contributed by atoms with E-state index in [-0.39, 0.29) is 0 Å². The smallest absolute Gasteiger partial charge is 0.0249 e. The van der Waals surface area contributed by atoms with Crippen molar-refractivity contribution in [1.82, 2.24) is 4.90 Å². The van der Waals surface area contributed by atoms with Crippen molar-refractivity contribution in [2.75, 3.05) is 13.1 Å². The van der Waals surface area contributed by atoms with E-state index >= 15 is 0 Å². The molecule has 2 nitrogen and oxygen atoms in total. The Morgan fingerprint density at radius 3 is 2.38 bits per heavy atom. The average molecular weight is 224 g/mol. The quantitative estimate of drug-likeness (QED) is 0.781. The maximum absolute atomic E-state index is 6.33. The Morgan fingerprint density at radius 1 is 1.06 bits per heavy atom. The molecule has 1 aliphatic carbocycles. The van der Waals surface area contributed by atoms with Crippen LogP contribution in [0.15, 0.2) is 0 Å². The standard InChI is InChI=1S/C14H28N2/c1-11(2)12-6-7-13(15)14(10-12)16-8-4-3-5-9-16/h11-14H,3-10,15H2,1-2H3. The molecule has 16 heavy (non-hydrogen) atoms. The summed E-state index contributed by atoms with van der Waals surface area (Å²) in [7, 11) is 0. The summed E-state index contributed by atoms with van der Waals surface area (Å²) >= 11 is 0. The van der Waals surface area contributed by atoms with Gasteiger partial charge in [-0.2, -0.15) is 0 Å². The maximum atomic E-state index is 6.33. The molecule has 94 valence electrons. The molecule has 2 fully saturated rings. The van der Waals surface area contributed by atoms with Gasteiger partial charge >= 0.3 is 0 Å². The van der Waals surface area contributed by atoms with Gasteiger partial charge in [-0.25, -0.2) is 0 Å². The van der Waals surface area contributed by atoms with Crippen molar-refractivity contribution in [2.45, 2.75) is 64.5 Å². The van der Waals surface area contributed by atoms with Crippen LogP contribution >= 0.6 is 0 Å². The van der Waals surface area contributed by atoms with Crippen molar-refractivity contribution < 1.29 is 0 Å². The highest BCUT2D eigenvalue weighted by Gasteiger charge is 2.33. The van der Waals surface area contributed by atoms with Crippen LogP contribution in [0, 0.1) is 11.8 Å². The molecule has 0 radical (unpaired) electrons. The summed E-state index contributed by atoms with van der Waals surface area (Å²) in [5.74, 6) is 1.74. The first kappa shape index (κ1) is 12.4. The SMILES string of the molecule is CC(C)C1CCC(N)C(N2CCCCC2)C1. The first-order valence-corrected chi connectivity index (χ1v) is 7.18. The van der Waals surface area contributed by atoms with Gasteiger partial charge in [0.1, 0.15) is 0 Å². The third-order valence-corrected chi connectivity index (χ3v) is 4.71. The van der Waals surface area contributed by atoms with Crippen LogP contribution in [0.1, 0.15) is 52.4 Å². The summed E-state index contributed by atoms with van der Waals surface area (Å²) < 4.78 is 0. The predicted octanol–water partition coefficient (Wildman–Crippen LogP) is 2.62. The van der Waals surface area contributed by atoms with Gasteiger partial charge in [-0.15, -0.1) is 0 Å². The zero-order valence-electron chi connectivity index (χ0n) is 11.0. The van der Waals surface area contributed by atoms with E-state index in [4.69, 9.17) is 5.73 Å². The molecule has 1 heterocycles. The molecule has 1 aliphatic heterocycles. The lowest BCUT2D eigenvalue weighted by molar-refractivity contribution is 0.0807. The summed E-state index contributed by atoms with van der Waals surface area (Å²) in [6.45, 7) is 7.33. The molecule has 0 aromatic rings. The van der Waals surface area contributed by atoms with Crippen LogP contribution in [0.25, 0.3) is 0 Å². The second-order valence-electron chi connectivity index (χ2n) is 6.14. The van der Waals surface area contributed by atoms with Gasteiger partial charge in [0.2, 0.25) is 0 Å². The molecule has 2 heteroatoms. The normalized spacial score (nSPS) is 37.9. The minimum absolute atomic E-state index is 0.438. The number of piperidine rings is 1. The van der Waals surface area contributed by atoms with Crippen molar-refractivity contribution >= 4 is 0 Å². The number of likely N-dealkylation sites (tertiary alicyclic amines) is 1. The monoisotopic (exact) mass is 224 g/mol. The number of nitrogens with zero attached hydrogens (tertiary/aromatic N) is 1. The van der Waals surface area contributed by atoms with E-state index in [2.05, 4.69) is 18.7 Å². The van der Waals surface area contributed by atoms with Crippen LogP contribution in [0.2, 0.25) is 0 Å². The molecule has 0 aromatic carbocycles. The van der Waals surface area contributed by atoms with E-state index in [1.807, 2.05) is 0 Å². The molecular weight excluding hydrogens is 196 g/mol. The van der Waals surface area contributed by atoms with Crippen LogP contribution in [-0.4, -0.2) is 30.1 Å². The summed E-state index contributed by atoms with van der Waals surface area (Å²) in [6.07, 6.45) is 8.13. The zero-order chi connectivity index (χ0) is 11.5. The lowest BCUT2D eigenvalue weighted by Gasteiger charge is -2.44. The topological polar surface area (TPSA) is 29.3 Å². The second-order valence-corrected chi connectivity index (χ2v) is 6.14. The number of nitrogens with two attached hydrogens (primary N) is 1. The fourth-order valence-corrected chi connectivity index (χ4v) is 3.48. The summed E-state index contributed by atoms with van der Waals surface area (Å²) in [4.78, 5) is 2.68. The fraction of sp³-hybridized carbons (Fsp3) is 1.00. The van der Waals surface area contributed by atoms with Gasteiger partial charge in [-0.1, -0.05) is 20.3 Å². The molecule has 0 amide bonds. The van der Waals surface area contributed by atoms with Crippen LogP contribution in [0.4, 0.5) is 0 Å². The summed E-state index contributed by atoms with van der Waals surface area (Å²) in [6, 6.07) is 1.12. The molecule has 1 saturated heterocycles. The van der Waals surface area contributed by atoms with Gasteiger partial charge in [0, 0.05) is 12.1 Å². The molecule has 3 atom stereocenters. The third kappa shape index (κ3) is 2.78. The van der Waals surface area contributed by atoms with Crippen molar-refractivity contribution in [3.8, 4) is 0 Å². The Labute approximate surface area is 101 Å². The van der Waals surface area contributed by atoms with Crippen LogP contribution in [0.5, 0.6) is 0 Å². The van der Waals surface area contributed by atoms with Crippen molar-refractivity contribution in [2.24, 2.45) is 17.6 Å². The highest BCUT2D eigenvalue weighted by molar-refractivity contribution is 4.90. The Balaban J connectivity index is 1.94. The van der Waals surface area contributed by atoms with Gasteiger partial charge < -0.3 is 5.73 Å². The Morgan fingerprint density at radius 2 is 1.75 bits per heavy atom. The number of rotatable bonds is 2. The van der Waals surface area contributed by atoms with Crippen LogP contribution < -0.4 is 5.73 Å². The van der Waals surface area contributed by atoms with E-state index in [1.54, 1.807) is 0 Å². The van der Waals surface area contributed by atoms with Crippen LogP contribution in [-0.2, 0) is 0 Å². The first-order chi connectivity index (χ1) is 7.68. The van der Waals surface area contributed by atoms with E-state index in [0.717, 1.165) is 11.8 Å². The molecular formula is C14H28N2. The molecule has 0 aromatic heterocycles. The van der Waals surface area contributed by atoms with E-state index in [0.29, 0.717) is 12.1 Å². The lowest BCUT2D eigenvalue weighted by Crippen LogP contribution is -2.53. The van der Waals surface area contributed by atoms with E-state index in [9.17, 15) is 0 Å². The van der Waals surface area contributed by atoms with Gasteiger partial charge in [0.05, 0.1) is 0 Å². The van der Waals surface area contributed by atoms with Gasteiger partial charge in [0.25, 0.3) is 0 Å². The van der Waals surface area contributed by atoms with Gasteiger partial charge in [-0.05, 0) is 57.0 Å². The predicted molar refractivity (Wildman–Crippen MR) is 69.4 cm³/mol. The Hall–Kier alpha value is -0.0800. The summed E-state index contributed by atoms with van der Waals surface area (Å²) in [5, 5.41) is 0. The zero-order valence-corrected chi connectivity index (χ0v) is 11.0. The van der Waals surface area contributed by atoms with E-state index in [1.165, 1.54) is 51.6 Å². The van der Waals surface area contributed by atoms with Crippen molar-refractivity contribution in [1.29, 1.82) is 0 Å². The highest BCUT2D eigenvalue weighted by Crippen LogP contribution is 2.32. The molecule has 2 N–H and O–H groups in total. The highest BCUT2D eigenvalue weighted by atomic mass is 15.2. The minimum atomic E-state index is 0.438. The number of hydrogen-bond acceptors (Lipinski definition) is 2. The Bertz CT molecular complexity index is 209. The number of hydrogen-bond donors (Lipinski definition) is 1. The van der Waals surface area contributed by atoms with Gasteiger partial charge in [-0.3, -0.25) is 4.90 Å². The van der Waals surface area contributed by atoms with Crippen molar-refractivity contribution in [3.05, 3.63) is 0 Å². The minimum Gasteiger partial charge on any atom is -0.326 e. The Kier molecular flexibility index (Phi) is 4.26. The largest absolute Gasteiger partial charge is 0.326 e. The van der Waals surface area contributed by atoms with Crippen molar-refractivity contribution in [3.63, 3.8) is 0 Å². The lowest BCUT2D eigenvalue weighted by atomic mass is 9.76. The molecule has 0 bridgehead atoms. The third-order valence-electron chi connectivity index (χ3n) is 4.71. The molecule has 0 spiro atoms. The van der Waals surface area contributed by atoms with E-state index < -0.39 is 0 Å². The second kappa shape index (κ2) is 5.50. The summed E-state index contributed by atoms with van der Waals surface area (Å²) in [5.41, 5.74) is 6.33. The fourth-order valence-electron chi connectivity index (χ4n) is 3.48. The average Bonchev–Trinajstić information content (AvgIpc) is 2.30. The maximum Gasteiger partial charge on any atom is 0.0249 e. The molecule has 3 unspecified atom stereocenters. The first-order valence-electron chi connectivity index (χ1n) is 7.18. The molecule has 2 aliphatic rings.